The minimum absolute atomic E-state index is 0.134. The molecule has 1 aromatic heterocycles. The van der Waals surface area contributed by atoms with E-state index in [0.29, 0.717) is 11.5 Å². The summed E-state index contributed by atoms with van der Waals surface area (Å²) in [5, 5.41) is 6.37. The SMILES string of the molecule is CCOCCCN(CC(F)(F)F)C(=O)c1nonc1N. The van der Waals surface area contributed by atoms with Crippen LogP contribution in [0.25, 0.3) is 0 Å². The van der Waals surface area contributed by atoms with Gasteiger partial charge in [0.15, 0.2) is 0 Å². The van der Waals surface area contributed by atoms with Crippen molar-refractivity contribution >= 4 is 11.7 Å². The van der Waals surface area contributed by atoms with Crippen molar-refractivity contribution in [3.05, 3.63) is 5.69 Å². The summed E-state index contributed by atoms with van der Waals surface area (Å²) < 4.78 is 46.6. The molecule has 0 aliphatic rings. The number of alkyl halides is 3. The number of halogens is 3. The predicted octanol–water partition coefficient (Wildman–Crippen LogP) is 1.08. The lowest BCUT2D eigenvalue weighted by Crippen LogP contribution is -2.40. The van der Waals surface area contributed by atoms with Crippen molar-refractivity contribution in [2.75, 3.05) is 32.0 Å². The average Bonchev–Trinajstić information content (AvgIpc) is 2.77. The first-order valence-corrected chi connectivity index (χ1v) is 5.87. The zero-order chi connectivity index (χ0) is 15.2. The third kappa shape index (κ3) is 5.03. The molecule has 1 aromatic rings. The Kier molecular flexibility index (Phi) is 5.74. The summed E-state index contributed by atoms with van der Waals surface area (Å²) >= 11 is 0. The van der Waals surface area contributed by atoms with Crippen LogP contribution in [0.4, 0.5) is 19.0 Å². The van der Waals surface area contributed by atoms with E-state index in [2.05, 4.69) is 14.9 Å². The van der Waals surface area contributed by atoms with Gasteiger partial charge < -0.3 is 15.4 Å². The molecule has 0 spiro atoms. The van der Waals surface area contributed by atoms with Gasteiger partial charge in [-0.05, 0) is 23.7 Å². The molecule has 0 fully saturated rings. The topological polar surface area (TPSA) is 94.5 Å². The van der Waals surface area contributed by atoms with Gasteiger partial charge in [-0.1, -0.05) is 0 Å². The molecule has 0 aromatic carbocycles. The van der Waals surface area contributed by atoms with Gasteiger partial charge in [-0.25, -0.2) is 4.63 Å². The molecule has 10 heteroatoms. The van der Waals surface area contributed by atoms with Crippen LogP contribution in [0.2, 0.25) is 0 Å². The Labute approximate surface area is 112 Å². The van der Waals surface area contributed by atoms with Crippen molar-refractivity contribution < 1.29 is 27.3 Å². The zero-order valence-electron chi connectivity index (χ0n) is 10.8. The Hall–Kier alpha value is -1.84. The van der Waals surface area contributed by atoms with E-state index >= 15 is 0 Å². The third-order valence-electron chi connectivity index (χ3n) is 2.29. The van der Waals surface area contributed by atoms with Gasteiger partial charge in [-0.2, -0.15) is 13.2 Å². The van der Waals surface area contributed by atoms with Crippen LogP contribution in [0.15, 0.2) is 4.63 Å². The first-order chi connectivity index (χ1) is 9.35. The summed E-state index contributed by atoms with van der Waals surface area (Å²) in [4.78, 5) is 12.5. The number of nitrogens with two attached hydrogens (primary N) is 1. The molecule has 0 saturated carbocycles. The molecular formula is C10H15F3N4O3. The fourth-order valence-corrected chi connectivity index (χ4v) is 1.46. The highest BCUT2D eigenvalue weighted by molar-refractivity contribution is 5.96. The molecule has 0 bridgehead atoms. The van der Waals surface area contributed by atoms with Crippen molar-refractivity contribution in [2.24, 2.45) is 0 Å². The number of carbonyl (C=O) groups excluding carboxylic acids is 1. The molecule has 0 unspecified atom stereocenters. The number of nitrogen functional groups attached to an aromatic ring is 1. The van der Waals surface area contributed by atoms with Crippen LogP contribution in [-0.2, 0) is 4.74 Å². The summed E-state index contributed by atoms with van der Waals surface area (Å²) in [6.45, 7) is 0.938. The number of hydrogen-bond donors (Lipinski definition) is 1. The Morgan fingerprint density at radius 1 is 1.45 bits per heavy atom. The van der Waals surface area contributed by atoms with Gasteiger partial charge in [0.25, 0.3) is 5.91 Å². The molecule has 0 atom stereocenters. The summed E-state index contributed by atoms with van der Waals surface area (Å²) in [5.74, 6) is -1.32. The number of nitrogens with zero attached hydrogens (tertiary/aromatic N) is 3. The quantitative estimate of drug-likeness (QED) is 0.757. The van der Waals surface area contributed by atoms with Crippen LogP contribution in [0.3, 0.4) is 0 Å². The second-order valence-electron chi connectivity index (χ2n) is 3.89. The molecule has 114 valence electrons. The number of ether oxygens (including phenoxy) is 1. The van der Waals surface area contributed by atoms with Gasteiger partial charge in [0, 0.05) is 19.8 Å². The maximum atomic E-state index is 12.5. The molecule has 1 rings (SSSR count). The second kappa shape index (κ2) is 7.08. The number of carbonyl (C=O) groups is 1. The lowest BCUT2D eigenvalue weighted by atomic mass is 10.3. The maximum Gasteiger partial charge on any atom is 0.406 e. The standard InChI is InChI=1S/C10H15F3N4O3/c1-2-19-5-3-4-17(6-10(11,12)13)9(18)7-8(14)16-20-15-7/h2-6H2,1H3,(H2,14,16). The van der Waals surface area contributed by atoms with E-state index in [9.17, 15) is 18.0 Å². The summed E-state index contributed by atoms with van der Waals surface area (Å²) in [6.07, 6.45) is -4.26. The second-order valence-corrected chi connectivity index (χ2v) is 3.89. The maximum absolute atomic E-state index is 12.5. The van der Waals surface area contributed by atoms with Gasteiger partial charge in [0.2, 0.25) is 11.5 Å². The average molecular weight is 296 g/mol. The van der Waals surface area contributed by atoms with E-state index in [-0.39, 0.29) is 25.4 Å². The number of rotatable bonds is 7. The van der Waals surface area contributed by atoms with Crippen LogP contribution in [0.5, 0.6) is 0 Å². The first kappa shape index (κ1) is 16.2. The van der Waals surface area contributed by atoms with Crippen molar-refractivity contribution in [3.8, 4) is 0 Å². The molecule has 20 heavy (non-hydrogen) atoms. The Bertz CT molecular complexity index is 436. The molecule has 1 heterocycles. The van der Waals surface area contributed by atoms with Crippen LogP contribution in [0, 0.1) is 0 Å². The third-order valence-corrected chi connectivity index (χ3v) is 2.29. The van der Waals surface area contributed by atoms with E-state index in [1.54, 1.807) is 6.92 Å². The van der Waals surface area contributed by atoms with Gasteiger partial charge >= 0.3 is 6.18 Å². The van der Waals surface area contributed by atoms with Gasteiger partial charge in [0.1, 0.15) is 6.54 Å². The highest BCUT2D eigenvalue weighted by Crippen LogP contribution is 2.19. The minimum atomic E-state index is -4.52. The molecule has 1 amide bonds. The summed E-state index contributed by atoms with van der Waals surface area (Å²) in [6, 6.07) is 0. The largest absolute Gasteiger partial charge is 0.406 e. The van der Waals surface area contributed by atoms with E-state index in [1.807, 2.05) is 0 Å². The zero-order valence-corrected chi connectivity index (χ0v) is 10.8. The fraction of sp³-hybridized carbons (Fsp3) is 0.700. The molecule has 0 aliphatic heterocycles. The molecule has 0 aliphatic carbocycles. The highest BCUT2D eigenvalue weighted by Gasteiger charge is 2.34. The molecular weight excluding hydrogens is 281 g/mol. The predicted molar refractivity (Wildman–Crippen MR) is 61.8 cm³/mol. The number of amides is 1. The van der Waals surface area contributed by atoms with Crippen LogP contribution < -0.4 is 5.73 Å². The van der Waals surface area contributed by atoms with Crippen LogP contribution >= 0.6 is 0 Å². The van der Waals surface area contributed by atoms with Gasteiger partial charge in [-0.3, -0.25) is 4.79 Å². The normalized spacial score (nSPS) is 11.6. The van der Waals surface area contributed by atoms with E-state index in [0.717, 1.165) is 0 Å². The Morgan fingerprint density at radius 2 is 2.15 bits per heavy atom. The van der Waals surface area contributed by atoms with Crippen molar-refractivity contribution in [1.29, 1.82) is 0 Å². The Balaban J connectivity index is 2.71. The Morgan fingerprint density at radius 3 is 2.65 bits per heavy atom. The molecule has 0 radical (unpaired) electrons. The van der Waals surface area contributed by atoms with Crippen LogP contribution in [0.1, 0.15) is 23.8 Å². The van der Waals surface area contributed by atoms with E-state index < -0.39 is 24.3 Å². The fourth-order valence-electron chi connectivity index (χ4n) is 1.46. The minimum Gasteiger partial charge on any atom is -0.382 e. The van der Waals surface area contributed by atoms with Gasteiger partial charge in [0.05, 0.1) is 0 Å². The van der Waals surface area contributed by atoms with E-state index in [1.165, 1.54) is 0 Å². The number of anilines is 1. The monoisotopic (exact) mass is 296 g/mol. The smallest absolute Gasteiger partial charge is 0.382 e. The number of hydrogen-bond acceptors (Lipinski definition) is 6. The molecule has 2 N–H and O–H groups in total. The molecule has 0 saturated heterocycles. The summed E-state index contributed by atoms with van der Waals surface area (Å²) in [5.41, 5.74) is 4.87. The van der Waals surface area contributed by atoms with Crippen molar-refractivity contribution in [1.82, 2.24) is 15.2 Å². The van der Waals surface area contributed by atoms with Crippen molar-refractivity contribution in [3.63, 3.8) is 0 Å². The lowest BCUT2D eigenvalue weighted by molar-refractivity contribution is -0.141. The first-order valence-electron chi connectivity index (χ1n) is 5.87. The van der Waals surface area contributed by atoms with Crippen molar-refractivity contribution in [2.45, 2.75) is 19.5 Å². The van der Waals surface area contributed by atoms with E-state index in [4.69, 9.17) is 10.5 Å². The lowest BCUT2D eigenvalue weighted by Gasteiger charge is -2.22. The molecule has 7 nitrogen and oxygen atoms in total. The summed E-state index contributed by atoms with van der Waals surface area (Å²) in [7, 11) is 0. The van der Waals surface area contributed by atoms with Gasteiger partial charge in [-0.15, -0.1) is 0 Å². The number of aromatic nitrogens is 2. The highest BCUT2D eigenvalue weighted by atomic mass is 19.4. The van der Waals surface area contributed by atoms with Crippen LogP contribution in [-0.4, -0.2) is 53.6 Å².